The highest BCUT2D eigenvalue weighted by molar-refractivity contribution is 9.11. The Morgan fingerprint density at radius 1 is 1.54 bits per heavy atom. The molecule has 0 bridgehead atoms. The third-order valence-electron chi connectivity index (χ3n) is 1.43. The molecule has 68 valence electrons. The van der Waals surface area contributed by atoms with Gasteiger partial charge in [0.25, 0.3) is 0 Å². The largest absolute Gasteiger partial charge is 0.419 e. The van der Waals surface area contributed by atoms with Crippen molar-refractivity contribution in [2.45, 2.75) is 5.88 Å². The van der Waals surface area contributed by atoms with E-state index in [1.807, 2.05) is 11.4 Å². The summed E-state index contributed by atoms with van der Waals surface area (Å²) >= 11 is 10.5. The molecule has 0 N–H and O–H groups in total. The van der Waals surface area contributed by atoms with E-state index in [1.165, 1.54) is 0 Å². The van der Waals surface area contributed by atoms with E-state index in [0.717, 1.165) is 9.35 Å². The van der Waals surface area contributed by atoms with Crippen LogP contribution >= 0.6 is 38.9 Å². The Morgan fingerprint density at radius 2 is 2.38 bits per heavy atom. The van der Waals surface area contributed by atoms with E-state index in [-0.39, 0.29) is 5.88 Å². The van der Waals surface area contributed by atoms with E-state index in [4.69, 9.17) is 16.0 Å². The SMILES string of the molecule is ClCc1nnc(-c2ccsc2Br)o1. The van der Waals surface area contributed by atoms with Gasteiger partial charge in [0.05, 0.1) is 9.35 Å². The van der Waals surface area contributed by atoms with Gasteiger partial charge >= 0.3 is 0 Å². The van der Waals surface area contributed by atoms with Crippen molar-refractivity contribution in [1.29, 1.82) is 0 Å². The molecule has 0 aliphatic rings. The maximum atomic E-state index is 5.54. The summed E-state index contributed by atoms with van der Waals surface area (Å²) in [7, 11) is 0. The molecule has 0 amide bonds. The van der Waals surface area contributed by atoms with Gasteiger partial charge in [-0.2, -0.15) is 0 Å². The Hall–Kier alpha value is -0.390. The molecule has 0 radical (unpaired) electrons. The molecule has 0 saturated carbocycles. The number of rotatable bonds is 2. The van der Waals surface area contributed by atoms with Crippen LogP contribution in [0.5, 0.6) is 0 Å². The second-order valence-corrected chi connectivity index (χ2v) is 4.74. The van der Waals surface area contributed by atoms with E-state index in [1.54, 1.807) is 11.3 Å². The zero-order chi connectivity index (χ0) is 9.26. The molecular weight excluding hydrogens is 276 g/mol. The van der Waals surface area contributed by atoms with Crippen molar-refractivity contribution in [2.24, 2.45) is 0 Å². The molecule has 0 aromatic carbocycles. The third kappa shape index (κ3) is 1.77. The number of halogens is 2. The molecule has 0 fully saturated rings. The second-order valence-electron chi connectivity index (χ2n) is 2.24. The monoisotopic (exact) mass is 278 g/mol. The Bertz CT molecular complexity index is 414. The molecule has 13 heavy (non-hydrogen) atoms. The van der Waals surface area contributed by atoms with Crippen molar-refractivity contribution < 1.29 is 4.42 Å². The van der Waals surface area contributed by atoms with Crippen molar-refractivity contribution in [3.05, 3.63) is 21.1 Å². The number of hydrogen-bond acceptors (Lipinski definition) is 4. The number of nitrogens with zero attached hydrogens (tertiary/aromatic N) is 2. The topological polar surface area (TPSA) is 38.9 Å². The molecule has 0 unspecified atom stereocenters. The summed E-state index contributed by atoms with van der Waals surface area (Å²) in [5, 5.41) is 9.58. The van der Waals surface area contributed by atoms with Crippen molar-refractivity contribution in [3.63, 3.8) is 0 Å². The summed E-state index contributed by atoms with van der Waals surface area (Å²) in [5.41, 5.74) is 0.911. The van der Waals surface area contributed by atoms with Crippen molar-refractivity contribution >= 4 is 38.9 Å². The molecule has 0 aliphatic heterocycles. The zero-order valence-electron chi connectivity index (χ0n) is 6.33. The lowest BCUT2D eigenvalue weighted by Crippen LogP contribution is -1.74. The fourth-order valence-electron chi connectivity index (χ4n) is 0.863. The smallest absolute Gasteiger partial charge is 0.249 e. The molecule has 2 rings (SSSR count). The van der Waals surface area contributed by atoms with Gasteiger partial charge in [0.15, 0.2) is 0 Å². The summed E-state index contributed by atoms with van der Waals surface area (Å²) in [6, 6.07) is 1.92. The predicted octanol–water partition coefficient (Wildman–Crippen LogP) is 3.30. The van der Waals surface area contributed by atoms with Gasteiger partial charge < -0.3 is 4.42 Å². The average Bonchev–Trinajstić information content (AvgIpc) is 2.71. The molecular formula is C7H4BrClN2OS. The predicted molar refractivity (Wildman–Crippen MR) is 54.9 cm³/mol. The summed E-state index contributed by atoms with van der Waals surface area (Å²) in [5.74, 6) is 1.19. The van der Waals surface area contributed by atoms with Crippen LogP contribution in [0.4, 0.5) is 0 Å². The number of aromatic nitrogens is 2. The first-order valence-corrected chi connectivity index (χ1v) is 5.63. The van der Waals surface area contributed by atoms with Gasteiger partial charge in [-0.25, -0.2) is 0 Å². The molecule has 2 aromatic rings. The lowest BCUT2D eigenvalue weighted by molar-refractivity contribution is 0.527. The standard InChI is InChI=1S/C7H4BrClN2OS/c8-6-4(1-2-13-6)7-11-10-5(3-9)12-7/h1-2H,3H2. The second kappa shape index (κ2) is 3.77. The van der Waals surface area contributed by atoms with Crippen molar-refractivity contribution in [2.75, 3.05) is 0 Å². The molecule has 2 heterocycles. The van der Waals surface area contributed by atoms with Crippen LogP contribution < -0.4 is 0 Å². The van der Waals surface area contributed by atoms with Gasteiger partial charge in [-0.3, -0.25) is 0 Å². The third-order valence-corrected chi connectivity index (χ3v) is 3.35. The van der Waals surface area contributed by atoms with Crippen molar-refractivity contribution in [1.82, 2.24) is 10.2 Å². The highest BCUT2D eigenvalue weighted by atomic mass is 79.9. The Kier molecular flexibility index (Phi) is 2.66. The Balaban J connectivity index is 2.41. The van der Waals surface area contributed by atoms with Crippen LogP contribution in [-0.2, 0) is 5.88 Å². The first kappa shape index (κ1) is 9.18. The molecule has 2 aromatic heterocycles. The molecule has 3 nitrogen and oxygen atoms in total. The van der Waals surface area contributed by atoms with Crippen LogP contribution in [0.25, 0.3) is 11.5 Å². The lowest BCUT2D eigenvalue weighted by Gasteiger charge is -1.88. The number of alkyl halides is 1. The highest BCUT2D eigenvalue weighted by Crippen LogP contribution is 2.31. The Morgan fingerprint density at radius 3 is 2.92 bits per heavy atom. The van der Waals surface area contributed by atoms with Gasteiger partial charge in [0, 0.05) is 0 Å². The summed E-state index contributed by atoms with van der Waals surface area (Å²) in [6.07, 6.45) is 0. The summed E-state index contributed by atoms with van der Waals surface area (Å²) in [6.45, 7) is 0. The molecule has 0 aliphatic carbocycles. The highest BCUT2D eigenvalue weighted by Gasteiger charge is 2.11. The first-order chi connectivity index (χ1) is 6.31. The lowest BCUT2D eigenvalue weighted by atomic mass is 10.3. The minimum absolute atomic E-state index is 0.245. The molecule has 6 heteroatoms. The van der Waals surface area contributed by atoms with Crippen LogP contribution in [-0.4, -0.2) is 10.2 Å². The van der Waals surface area contributed by atoms with Crippen LogP contribution in [0, 0.1) is 0 Å². The van der Waals surface area contributed by atoms with Gasteiger partial charge in [-0.05, 0) is 27.4 Å². The van der Waals surface area contributed by atoms with Crippen molar-refractivity contribution in [3.8, 4) is 11.5 Å². The summed E-state index contributed by atoms with van der Waals surface area (Å²) < 4.78 is 6.26. The van der Waals surface area contributed by atoms with E-state index < -0.39 is 0 Å². The van der Waals surface area contributed by atoms with E-state index >= 15 is 0 Å². The fourth-order valence-corrected chi connectivity index (χ4v) is 2.20. The molecule has 0 saturated heterocycles. The maximum absolute atomic E-state index is 5.54. The summed E-state index contributed by atoms with van der Waals surface area (Å²) in [4.78, 5) is 0. The molecule has 0 atom stereocenters. The normalized spacial score (nSPS) is 10.6. The van der Waals surface area contributed by atoms with Crippen LogP contribution in [0.1, 0.15) is 5.89 Å². The van der Waals surface area contributed by atoms with E-state index in [2.05, 4.69) is 26.1 Å². The molecule has 0 spiro atoms. The average molecular weight is 280 g/mol. The van der Waals surface area contributed by atoms with E-state index in [9.17, 15) is 0 Å². The first-order valence-electron chi connectivity index (χ1n) is 3.43. The van der Waals surface area contributed by atoms with Crippen LogP contribution in [0.15, 0.2) is 19.6 Å². The Labute approximate surface area is 91.9 Å². The fraction of sp³-hybridized carbons (Fsp3) is 0.143. The van der Waals surface area contributed by atoms with Gasteiger partial charge in [0.1, 0.15) is 5.88 Å². The number of hydrogen-bond donors (Lipinski definition) is 0. The zero-order valence-corrected chi connectivity index (χ0v) is 9.49. The van der Waals surface area contributed by atoms with Gasteiger partial charge in [0.2, 0.25) is 11.8 Å². The maximum Gasteiger partial charge on any atom is 0.249 e. The van der Waals surface area contributed by atoms with Crippen LogP contribution in [0.3, 0.4) is 0 Å². The minimum atomic E-state index is 0.245. The quantitative estimate of drug-likeness (QED) is 0.792. The minimum Gasteiger partial charge on any atom is -0.419 e. The van der Waals surface area contributed by atoms with Gasteiger partial charge in [-0.1, -0.05) is 0 Å². The van der Waals surface area contributed by atoms with E-state index in [0.29, 0.717) is 11.8 Å². The number of thiophene rings is 1. The van der Waals surface area contributed by atoms with Gasteiger partial charge in [-0.15, -0.1) is 33.1 Å². The van der Waals surface area contributed by atoms with Crippen LogP contribution in [0.2, 0.25) is 0 Å².